The van der Waals surface area contributed by atoms with Crippen molar-refractivity contribution in [1.82, 2.24) is 0 Å². The SMILES string of the molecule is CC1=NN(c2ccccc2)C(=O)C12C(C(=O)O)=CCC(c1ccccc1)C2c1ccccc1. The summed E-state index contributed by atoms with van der Waals surface area (Å²) in [6.07, 6.45) is 2.25. The molecule has 0 fully saturated rings. The highest BCUT2D eigenvalue weighted by Crippen LogP contribution is 2.58. The zero-order chi connectivity index (χ0) is 23.0. The van der Waals surface area contributed by atoms with Gasteiger partial charge in [-0.25, -0.2) is 4.79 Å². The molecular weight excluding hydrogens is 412 g/mol. The Morgan fingerprint density at radius 3 is 2.03 bits per heavy atom. The first-order valence-corrected chi connectivity index (χ1v) is 11.0. The lowest BCUT2D eigenvalue weighted by Gasteiger charge is -2.44. The topological polar surface area (TPSA) is 70.0 Å². The van der Waals surface area contributed by atoms with Gasteiger partial charge in [0, 0.05) is 5.92 Å². The zero-order valence-corrected chi connectivity index (χ0v) is 18.3. The van der Waals surface area contributed by atoms with E-state index in [-0.39, 0.29) is 17.4 Å². The van der Waals surface area contributed by atoms with Crippen LogP contribution >= 0.6 is 0 Å². The fourth-order valence-corrected chi connectivity index (χ4v) is 5.45. The predicted molar refractivity (Wildman–Crippen MR) is 128 cm³/mol. The van der Waals surface area contributed by atoms with Crippen LogP contribution in [0.4, 0.5) is 5.69 Å². The van der Waals surface area contributed by atoms with Gasteiger partial charge in [0.25, 0.3) is 5.91 Å². The van der Waals surface area contributed by atoms with Gasteiger partial charge in [0.1, 0.15) is 5.41 Å². The number of carboxylic acids is 1. The van der Waals surface area contributed by atoms with Gasteiger partial charge in [-0.2, -0.15) is 10.1 Å². The molecule has 0 radical (unpaired) electrons. The lowest BCUT2D eigenvalue weighted by atomic mass is 9.55. The Labute approximate surface area is 192 Å². The second-order valence-electron chi connectivity index (χ2n) is 8.51. The van der Waals surface area contributed by atoms with Crippen LogP contribution < -0.4 is 5.01 Å². The van der Waals surface area contributed by atoms with E-state index in [0.29, 0.717) is 17.8 Å². The molecule has 0 saturated carbocycles. The fraction of sp³-hybridized carbons (Fsp3) is 0.179. The number of carboxylic acid groups (broad SMARTS) is 1. The number of carbonyl (C=O) groups is 2. The van der Waals surface area contributed by atoms with E-state index >= 15 is 0 Å². The third-order valence-corrected chi connectivity index (χ3v) is 6.84. The minimum atomic E-state index is -1.40. The Balaban J connectivity index is 1.77. The molecule has 3 unspecified atom stereocenters. The normalized spacial score (nSPS) is 24.5. The Morgan fingerprint density at radius 2 is 1.45 bits per heavy atom. The lowest BCUT2D eigenvalue weighted by Crippen LogP contribution is -2.50. The standard InChI is InChI=1S/C28H24N2O3/c1-19-28(27(33)30(29-19)22-15-9-4-10-16-22)24(26(31)32)18-17-23(20-11-5-2-6-12-20)25(28)21-13-7-3-8-14-21/h2-16,18,23,25H,17H2,1H3,(H,31,32). The Kier molecular flexibility index (Phi) is 5.17. The average molecular weight is 437 g/mol. The quantitative estimate of drug-likeness (QED) is 0.597. The molecule has 1 N–H and O–H groups in total. The number of aliphatic carboxylic acids is 1. The van der Waals surface area contributed by atoms with Gasteiger partial charge < -0.3 is 5.11 Å². The van der Waals surface area contributed by atoms with Crippen LogP contribution in [-0.4, -0.2) is 22.7 Å². The van der Waals surface area contributed by atoms with E-state index in [9.17, 15) is 14.7 Å². The van der Waals surface area contributed by atoms with Crippen molar-refractivity contribution in [3.05, 3.63) is 114 Å². The number of carbonyl (C=O) groups excluding carboxylic acids is 1. The van der Waals surface area contributed by atoms with Crippen LogP contribution in [0.1, 0.15) is 36.3 Å². The van der Waals surface area contributed by atoms with Crippen LogP contribution in [0.3, 0.4) is 0 Å². The summed E-state index contributed by atoms with van der Waals surface area (Å²) in [6, 6.07) is 29.0. The van der Waals surface area contributed by atoms with E-state index in [1.807, 2.05) is 78.9 Å². The molecular formula is C28H24N2O3. The molecule has 1 heterocycles. The second kappa shape index (κ2) is 8.17. The Morgan fingerprint density at radius 1 is 0.909 bits per heavy atom. The van der Waals surface area contributed by atoms with Crippen LogP contribution in [-0.2, 0) is 9.59 Å². The van der Waals surface area contributed by atoms with Crippen molar-refractivity contribution in [2.24, 2.45) is 10.5 Å². The van der Waals surface area contributed by atoms with Crippen LogP contribution in [0, 0.1) is 5.41 Å². The van der Waals surface area contributed by atoms with Gasteiger partial charge in [-0.3, -0.25) is 4.79 Å². The van der Waals surface area contributed by atoms with E-state index in [2.05, 4.69) is 17.2 Å². The van der Waals surface area contributed by atoms with Crippen LogP contribution in [0.25, 0.3) is 0 Å². The highest BCUT2D eigenvalue weighted by Gasteiger charge is 2.62. The summed E-state index contributed by atoms with van der Waals surface area (Å²) in [5.41, 5.74) is 1.83. The van der Waals surface area contributed by atoms with Gasteiger partial charge in [0.2, 0.25) is 0 Å². The van der Waals surface area contributed by atoms with E-state index in [0.717, 1.165) is 11.1 Å². The maximum Gasteiger partial charge on any atom is 0.332 e. The summed E-state index contributed by atoms with van der Waals surface area (Å²) in [6.45, 7) is 1.78. The number of allylic oxidation sites excluding steroid dienone is 1. The molecule has 3 aromatic carbocycles. The number of hydrogen-bond acceptors (Lipinski definition) is 3. The third kappa shape index (κ3) is 3.20. The number of benzene rings is 3. The lowest BCUT2D eigenvalue weighted by molar-refractivity contribution is -0.136. The van der Waals surface area contributed by atoms with Gasteiger partial charge >= 0.3 is 5.97 Å². The highest BCUT2D eigenvalue weighted by atomic mass is 16.4. The van der Waals surface area contributed by atoms with Crippen molar-refractivity contribution in [2.45, 2.75) is 25.2 Å². The number of para-hydroxylation sites is 1. The molecule has 0 aromatic heterocycles. The first-order valence-electron chi connectivity index (χ1n) is 11.0. The molecule has 3 atom stereocenters. The van der Waals surface area contributed by atoms with Crippen molar-refractivity contribution in [3.8, 4) is 0 Å². The maximum absolute atomic E-state index is 14.3. The molecule has 5 nitrogen and oxygen atoms in total. The summed E-state index contributed by atoms with van der Waals surface area (Å²) < 4.78 is 0. The first-order chi connectivity index (χ1) is 16.0. The Hall–Kier alpha value is -3.99. The number of nitrogens with zero attached hydrogens (tertiary/aromatic N) is 2. The second-order valence-corrected chi connectivity index (χ2v) is 8.51. The van der Waals surface area contributed by atoms with Crippen molar-refractivity contribution < 1.29 is 14.7 Å². The van der Waals surface area contributed by atoms with Crippen LogP contribution in [0.15, 0.2) is 108 Å². The van der Waals surface area contributed by atoms with Crippen molar-refractivity contribution >= 4 is 23.3 Å². The first kappa shape index (κ1) is 20.9. The smallest absolute Gasteiger partial charge is 0.332 e. The highest BCUT2D eigenvalue weighted by molar-refractivity contribution is 6.25. The molecule has 1 aliphatic heterocycles. The number of hydrogen-bond donors (Lipinski definition) is 1. The molecule has 0 saturated heterocycles. The molecule has 1 aliphatic carbocycles. The van der Waals surface area contributed by atoms with Gasteiger partial charge in [-0.15, -0.1) is 0 Å². The van der Waals surface area contributed by atoms with E-state index in [4.69, 9.17) is 0 Å². The molecule has 1 spiro atoms. The monoisotopic (exact) mass is 436 g/mol. The number of anilines is 1. The van der Waals surface area contributed by atoms with Crippen LogP contribution in [0.5, 0.6) is 0 Å². The van der Waals surface area contributed by atoms with Gasteiger partial charge in [0.05, 0.1) is 17.0 Å². The van der Waals surface area contributed by atoms with E-state index in [1.54, 1.807) is 13.0 Å². The van der Waals surface area contributed by atoms with Crippen molar-refractivity contribution in [1.29, 1.82) is 0 Å². The van der Waals surface area contributed by atoms with Crippen LogP contribution in [0.2, 0.25) is 0 Å². The van der Waals surface area contributed by atoms with Gasteiger partial charge in [0.15, 0.2) is 0 Å². The zero-order valence-electron chi connectivity index (χ0n) is 18.3. The number of hydrazone groups is 1. The third-order valence-electron chi connectivity index (χ3n) is 6.84. The minimum Gasteiger partial charge on any atom is -0.478 e. The molecule has 5 heteroatoms. The van der Waals surface area contributed by atoms with E-state index in [1.165, 1.54) is 5.01 Å². The predicted octanol–water partition coefficient (Wildman–Crippen LogP) is 5.38. The molecule has 3 aromatic rings. The molecule has 33 heavy (non-hydrogen) atoms. The Bertz CT molecular complexity index is 1250. The largest absolute Gasteiger partial charge is 0.478 e. The maximum atomic E-state index is 14.3. The molecule has 164 valence electrons. The summed E-state index contributed by atoms with van der Waals surface area (Å²) in [5.74, 6) is -1.90. The fourth-order valence-electron chi connectivity index (χ4n) is 5.45. The molecule has 2 aliphatic rings. The summed E-state index contributed by atoms with van der Waals surface area (Å²) in [7, 11) is 0. The summed E-state index contributed by atoms with van der Waals surface area (Å²) >= 11 is 0. The summed E-state index contributed by atoms with van der Waals surface area (Å²) in [4.78, 5) is 26.9. The van der Waals surface area contributed by atoms with Crippen molar-refractivity contribution in [2.75, 3.05) is 5.01 Å². The summed E-state index contributed by atoms with van der Waals surface area (Å²) in [5, 5.41) is 16.3. The number of rotatable bonds is 4. The van der Waals surface area contributed by atoms with Crippen molar-refractivity contribution in [3.63, 3.8) is 0 Å². The number of amides is 1. The molecule has 1 amide bonds. The minimum absolute atomic E-state index is 0.0819. The molecule has 0 bridgehead atoms. The molecule has 5 rings (SSSR count). The van der Waals surface area contributed by atoms with E-state index < -0.39 is 17.3 Å². The average Bonchev–Trinajstić information content (AvgIpc) is 3.11. The van der Waals surface area contributed by atoms with Gasteiger partial charge in [-0.05, 0) is 42.5 Å². The van der Waals surface area contributed by atoms with Gasteiger partial charge in [-0.1, -0.05) is 84.9 Å².